The molecule has 0 fully saturated rings. The van der Waals surface area contributed by atoms with Crippen LogP contribution in [0, 0.1) is 6.92 Å². The molecule has 2 aromatic carbocycles. The quantitative estimate of drug-likeness (QED) is 0.358. The number of carbonyl (C=O) groups excluding carboxylic acids is 1. The van der Waals surface area contributed by atoms with E-state index in [9.17, 15) is 4.79 Å². The predicted molar refractivity (Wildman–Crippen MR) is 116 cm³/mol. The second kappa shape index (κ2) is 8.45. The van der Waals surface area contributed by atoms with Gasteiger partial charge in [-0.05, 0) is 61.0 Å². The van der Waals surface area contributed by atoms with Crippen LogP contribution in [0.5, 0.6) is 5.75 Å². The lowest BCUT2D eigenvalue weighted by Gasteiger charge is -2.19. The summed E-state index contributed by atoms with van der Waals surface area (Å²) < 4.78 is 12.0. The first-order valence-corrected chi connectivity index (χ1v) is 10.3. The van der Waals surface area contributed by atoms with Crippen LogP contribution < -0.4 is 9.64 Å². The minimum absolute atomic E-state index is 0.141. The lowest BCUT2D eigenvalue weighted by Crippen LogP contribution is -2.34. The molecule has 29 heavy (non-hydrogen) atoms. The van der Waals surface area contributed by atoms with Crippen LogP contribution in [0.1, 0.15) is 11.3 Å². The fraction of sp³-hybridized carbons (Fsp3) is 0.143. The molecule has 0 N–H and O–H groups in total. The molecule has 4 aromatic rings. The van der Waals surface area contributed by atoms with Gasteiger partial charge in [0, 0.05) is 10.0 Å². The van der Waals surface area contributed by atoms with Crippen molar-refractivity contribution >= 4 is 55.8 Å². The van der Waals surface area contributed by atoms with Gasteiger partial charge in [0.05, 0.1) is 23.0 Å². The minimum Gasteiger partial charge on any atom is -0.484 e. The molecule has 5 nitrogen and oxygen atoms in total. The molecule has 0 bridgehead atoms. The Balaban J connectivity index is 1.61. The van der Waals surface area contributed by atoms with Gasteiger partial charge in [0.25, 0.3) is 5.91 Å². The number of aryl methyl sites for hydroxylation is 1. The first-order valence-electron chi connectivity index (χ1n) is 8.77. The summed E-state index contributed by atoms with van der Waals surface area (Å²) in [6, 6.07) is 14.2. The SMILES string of the molecule is Cc1cc(Cl)cc2sc(N(Cc3ccco3)C(=O)COc3ccc(Cl)cc3)nc12. The first-order chi connectivity index (χ1) is 14.0. The molecule has 0 aliphatic carbocycles. The Morgan fingerprint density at radius 2 is 1.97 bits per heavy atom. The number of hydrogen-bond acceptors (Lipinski definition) is 5. The molecule has 2 heterocycles. The van der Waals surface area contributed by atoms with E-state index in [4.69, 9.17) is 32.4 Å². The number of thiazole rings is 1. The van der Waals surface area contributed by atoms with Crippen LogP contribution >= 0.6 is 34.5 Å². The van der Waals surface area contributed by atoms with Gasteiger partial charge >= 0.3 is 0 Å². The summed E-state index contributed by atoms with van der Waals surface area (Å²) in [7, 11) is 0. The summed E-state index contributed by atoms with van der Waals surface area (Å²) in [6.07, 6.45) is 1.57. The van der Waals surface area contributed by atoms with E-state index in [0.717, 1.165) is 15.8 Å². The molecular weight excluding hydrogens is 431 g/mol. The summed E-state index contributed by atoms with van der Waals surface area (Å²) in [5.74, 6) is 0.977. The summed E-state index contributed by atoms with van der Waals surface area (Å²) >= 11 is 13.5. The monoisotopic (exact) mass is 446 g/mol. The van der Waals surface area contributed by atoms with Crippen LogP contribution in [-0.2, 0) is 11.3 Å². The van der Waals surface area contributed by atoms with Crippen LogP contribution in [0.4, 0.5) is 5.13 Å². The fourth-order valence-electron chi connectivity index (χ4n) is 2.83. The van der Waals surface area contributed by atoms with Crippen molar-refractivity contribution in [2.75, 3.05) is 11.5 Å². The average Bonchev–Trinajstić information content (AvgIpc) is 3.35. The molecule has 0 atom stereocenters. The van der Waals surface area contributed by atoms with Gasteiger partial charge in [-0.15, -0.1) is 0 Å². The molecule has 2 aromatic heterocycles. The number of fused-ring (bicyclic) bond motifs is 1. The van der Waals surface area contributed by atoms with Crippen LogP contribution in [-0.4, -0.2) is 17.5 Å². The van der Waals surface area contributed by atoms with Crippen molar-refractivity contribution < 1.29 is 13.9 Å². The Morgan fingerprint density at radius 3 is 2.69 bits per heavy atom. The third-order valence-corrected chi connectivity index (χ3v) is 5.74. The number of hydrogen-bond donors (Lipinski definition) is 0. The number of amides is 1. The maximum Gasteiger partial charge on any atom is 0.267 e. The predicted octanol–water partition coefficient (Wildman–Crippen LogP) is 6.12. The lowest BCUT2D eigenvalue weighted by atomic mass is 10.2. The third kappa shape index (κ3) is 4.56. The van der Waals surface area contributed by atoms with Gasteiger partial charge in [0.2, 0.25) is 0 Å². The van der Waals surface area contributed by atoms with E-state index in [1.54, 1.807) is 41.5 Å². The second-order valence-electron chi connectivity index (χ2n) is 6.37. The Bertz CT molecular complexity index is 1140. The van der Waals surface area contributed by atoms with E-state index in [0.29, 0.717) is 26.7 Å². The van der Waals surface area contributed by atoms with Crippen LogP contribution in [0.2, 0.25) is 10.0 Å². The average molecular weight is 447 g/mol. The standard InChI is InChI=1S/C21H16Cl2N2O3S/c1-13-9-15(23)10-18-20(13)24-21(29-18)25(11-17-3-2-8-27-17)19(26)12-28-16-6-4-14(22)5-7-16/h2-10H,11-12H2,1H3. The maximum atomic E-state index is 13.0. The number of carbonyl (C=O) groups is 1. The summed E-state index contributed by atoms with van der Waals surface area (Å²) in [6.45, 7) is 2.06. The van der Waals surface area contributed by atoms with Gasteiger partial charge < -0.3 is 9.15 Å². The molecule has 0 radical (unpaired) electrons. The zero-order valence-corrected chi connectivity index (χ0v) is 17.7. The van der Waals surface area contributed by atoms with Crippen molar-refractivity contribution in [3.63, 3.8) is 0 Å². The van der Waals surface area contributed by atoms with Crippen molar-refractivity contribution in [2.24, 2.45) is 0 Å². The van der Waals surface area contributed by atoms with E-state index in [1.165, 1.54) is 11.3 Å². The first kappa shape index (κ1) is 19.8. The Morgan fingerprint density at radius 1 is 1.17 bits per heavy atom. The molecule has 148 valence electrons. The molecule has 0 saturated carbocycles. The van der Waals surface area contributed by atoms with E-state index in [1.807, 2.05) is 25.1 Å². The van der Waals surface area contributed by atoms with E-state index >= 15 is 0 Å². The normalized spacial score (nSPS) is 11.0. The highest BCUT2D eigenvalue weighted by Crippen LogP contribution is 2.33. The highest BCUT2D eigenvalue weighted by Gasteiger charge is 2.22. The molecule has 0 aliphatic rings. The van der Waals surface area contributed by atoms with Crippen LogP contribution in [0.15, 0.2) is 59.2 Å². The number of aromatic nitrogens is 1. The zero-order valence-electron chi connectivity index (χ0n) is 15.4. The molecular formula is C21H16Cl2N2O3S. The molecule has 1 amide bonds. The second-order valence-corrected chi connectivity index (χ2v) is 8.25. The highest BCUT2D eigenvalue weighted by molar-refractivity contribution is 7.22. The maximum absolute atomic E-state index is 13.0. The number of benzene rings is 2. The Labute approximate surface area is 181 Å². The van der Waals surface area contributed by atoms with Crippen molar-refractivity contribution in [1.29, 1.82) is 0 Å². The van der Waals surface area contributed by atoms with Crippen molar-refractivity contribution in [1.82, 2.24) is 4.98 Å². The minimum atomic E-state index is -0.237. The Hall–Kier alpha value is -2.54. The van der Waals surface area contributed by atoms with Gasteiger partial charge in [-0.2, -0.15) is 0 Å². The molecule has 0 unspecified atom stereocenters. The number of nitrogens with zero attached hydrogens (tertiary/aromatic N) is 2. The van der Waals surface area contributed by atoms with Gasteiger partial charge in [-0.3, -0.25) is 9.69 Å². The molecule has 0 aliphatic heterocycles. The number of ether oxygens (including phenoxy) is 1. The number of furan rings is 1. The lowest BCUT2D eigenvalue weighted by molar-refractivity contribution is -0.120. The van der Waals surface area contributed by atoms with E-state index < -0.39 is 0 Å². The van der Waals surface area contributed by atoms with Gasteiger partial charge in [0.15, 0.2) is 11.7 Å². The largest absolute Gasteiger partial charge is 0.484 e. The van der Waals surface area contributed by atoms with Gasteiger partial charge in [0.1, 0.15) is 11.5 Å². The van der Waals surface area contributed by atoms with Crippen molar-refractivity contribution in [3.05, 3.63) is 76.2 Å². The number of rotatable bonds is 6. The van der Waals surface area contributed by atoms with Crippen LogP contribution in [0.3, 0.4) is 0 Å². The zero-order chi connectivity index (χ0) is 20.4. The van der Waals surface area contributed by atoms with Gasteiger partial charge in [-0.25, -0.2) is 4.98 Å². The summed E-state index contributed by atoms with van der Waals surface area (Å²) in [5.41, 5.74) is 1.78. The molecule has 0 spiro atoms. The van der Waals surface area contributed by atoms with Crippen molar-refractivity contribution in [3.8, 4) is 5.75 Å². The summed E-state index contributed by atoms with van der Waals surface area (Å²) in [4.78, 5) is 19.2. The van der Waals surface area contributed by atoms with Gasteiger partial charge in [-0.1, -0.05) is 34.5 Å². The molecule has 0 saturated heterocycles. The molecule has 8 heteroatoms. The Kier molecular flexibility index (Phi) is 5.76. The third-order valence-electron chi connectivity index (χ3n) is 4.24. The summed E-state index contributed by atoms with van der Waals surface area (Å²) in [5, 5.41) is 1.80. The van der Waals surface area contributed by atoms with E-state index in [-0.39, 0.29) is 19.1 Å². The van der Waals surface area contributed by atoms with Crippen LogP contribution in [0.25, 0.3) is 10.2 Å². The number of halogens is 2. The highest BCUT2D eigenvalue weighted by atomic mass is 35.5. The van der Waals surface area contributed by atoms with E-state index in [2.05, 4.69) is 4.98 Å². The van der Waals surface area contributed by atoms with Crippen molar-refractivity contribution in [2.45, 2.75) is 13.5 Å². The molecule has 4 rings (SSSR count). The fourth-order valence-corrected chi connectivity index (χ4v) is 4.40. The smallest absolute Gasteiger partial charge is 0.267 e. The number of anilines is 1. The topological polar surface area (TPSA) is 55.6 Å².